The third-order valence-corrected chi connectivity index (χ3v) is 4.51. The van der Waals surface area contributed by atoms with Gasteiger partial charge in [-0.05, 0) is 43.7 Å². The Kier molecular flexibility index (Phi) is 4.55. The monoisotopic (exact) mass is 339 g/mol. The molecular weight excluding hydrogens is 324 g/mol. The Bertz CT molecular complexity index is 641. The van der Waals surface area contributed by atoms with E-state index in [2.05, 4.69) is 21.2 Å². The average Bonchev–Trinajstić information content (AvgIpc) is 2.43. The van der Waals surface area contributed by atoms with E-state index >= 15 is 0 Å². The second kappa shape index (κ2) is 6.02. The fourth-order valence-corrected chi connectivity index (χ4v) is 2.78. The molecule has 2 aromatic rings. The standard InChI is InChI=1S/C16H16BrF2N/c1-9-5-4-6-11(14(9)17)16(20-3)13-12(18)8-7-10(2)15(13)19/h4-8,16,20H,1-3H3. The van der Waals surface area contributed by atoms with E-state index in [4.69, 9.17) is 0 Å². The lowest BCUT2D eigenvalue weighted by Gasteiger charge is -2.21. The zero-order valence-electron chi connectivity index (χ0n) is 11.6. The highest BCUT2D eigenvalue weighted by Gasteiger charge is 2.23. The predicted octanol–water partition coefficient (Wildman–Crippen LogP) is 4.65. The molecule has 1 unspecified atom stereocenters. The van der Waals surface area contributed by atoms with Gasteiger partial charge in [0.1, 0.15) is 11.6 Å². The molecule has 0 aliphatic heterocycles. The van der Waals surface area contributed by atoms with Crippen LogP contribution in [0.3, 0.4) is 0 Å². The summed E-state index contributed by atoms with van der Waals surface area (Å²) >= 11 is 3.50. The molecule has 0 aliphatic rings. The molecular formula is C16H16BrF2N. The second-order valence-corrected chi connectivity index (χ2v) is 5.58. The first-order valence-electron chi connectivity index (χ1n) is 6.34. The summed E-state index contributed by atoms with van der Waals surface area (Å²) in [5.74, 6) is -1.04. The van der Waals surface area contributed by atoms with Gasteiger partial charge in [0.05, 0.1) is 6.04 Å². The van der Waals surface area contributed by atoms with E-state index in [1.165, 1.54) is 12.1 Å². The van der Waals surface area contributed by atoms with Crippen LogP contribution in [0.15, 0.2) is 34.8 Å². The van der Waals surface area contributed by atoms with Gasteiger partial charge >= 0.3 is 0 Å². The highest BCUT2D eigenvalue weighted by atomic mass is 79.9. The van der Waals surface area contributed by atoms with Crippen LogP contribution in [0.2, 0.25) is 0 Å². The van der Waals surface area contributed by atoms with Crippen LogP contribution in [0.4, 0.5) is 8.78 Å². The third-order valence-electron chi connectivity index (χ3n) is 3.43. The number of aryl methyl sites for hydroxylation is 2. The Balaban J connectivity index is 2.65. The van der Waals surface area contributed by atoms with E-state index in [1.54, 1.807) is 14.0 Å². The number of halogens is 3. The lowest BCUT2D eigenvalue weighted by molar-refractivity contribution is 0.517. The van der Waals surface area contributed by atoms with E-state index < -0.39 is 17.7 Å². The molecule has 0 saturated heterocycles. The van der Waals surface area contributed by atoms with Crippen molar-refractivity contribution in [3.63, 3.8) is 0 Å². The van der Waals surface area contributed by atoms with Crippen molar-refractivity contribution < 1.29 is 8.78 Å². The molecule has 106 valence electrons. The fourth-order valence-electron chi connectivity index (χ4n) is 2.29. The largest absolute Gasteiger partial charge is 0.309 e. The Morgan fingerprint density at radius 3 is 2.40 bits per heavy atom. The van der Waals surface area contributed by atoms with Gasteiger partial charge in [0, 0.05) is 10.0 Å². The van der Waals surface area contributed by atoms with Crippen LogP contribution in [0, 0.1) is 25.5 Å². The molecule has 0 radical (unpaired) electrons. The van der Waals surface area contributed by atoms with E-state index in [0.29, 0.717) is 5.56 Å². The van der Waals surface area contributed by atoms with Gasteiger partial charge in [0.2, 0.25) is 0 Å². The summed E-state index contributed by atoms with van der Waals surface area (Å²) in [6.45, 7) is 3.58. The minimum atomic E-state index is -0.541. The number of nitrogens with one attached hydrogen (secondary N) is 1. The minimum Gasteiger partial charge on any atom is -0.309 e. The van der Waals surface area contributed by atoms with Gasteiger partial charge in [-0.25, -0.2) is 8.78 Å². The third kappa shape index (κ3) is 2.63. The highest BCUT2D eigenvalue weighted by Crippen LogP contribution is 2.33. The molecule has 1 N–H and O–H groups in total. The second-order valence-electron chi connectivity index (χ2n) is 4.79. The molecule has 0 aliphatic carbocycles. The van der Waals surface area contributed by atoms with Crippen molar-refractivity contribution >= 4 is 15.9 Å². The average molecular weight is 340 g/mol. The summed E-state index contributed by atoms with van der Waals surface area (Å²) in [6, 6.07) is 7.91. The summed E-state index contributed by atoms with van der Waals surface area (Å²) < 4.78 is 29.3. The molecule has 0 spiro atoms. The van der Waals surface area contributed by atoms with Crippen LogP contribution in [0.25, 0.3) is 0 Å². The van der Waals surface area contributed by atoms with E-state index in [0.717, 1.165) is 15.6 Å². The molecule has 1 nitrogen and oxygen atoms in total. The summed E-state index contributed by atoms with van der Waals surface area (Å²) in [5.41, 5.74) is 2.33. The fraction of sp³-hybridized carbons (Fsp3) is 0.250. The first kappa shape index (κ1) is 15.1. The lowest BCUT2D eigenvalue weighted by atomic mass is 9.95. The van der Waals surface area contributed by atoms with Crippen molar-refractivity contribution in [1.82, 2.24) is 5.32 Å². The molecule has 2 rings (SSSR count). The molecule has 0 heterocycles. The maximum absolute atomic E-state index is 14.3. The van der Waals surface area contributed by atoms with Crippen molar-refractivity contribution in [2.75, 3.05) is 7.05 Å². The van der Waals surface area contributed by atoms with Gasteiger partial charge in [-0.15, -0.1) is 0 Å². The smallest absolute Gasteiger partial charge is 0.134 e. The summed E-state index contributed by atoms with van der Waals surface area (Å²) in [5, 5.41) is 3.00. The maximum Gasteiger partial charge on any atom is 0.134 e. The lowest BCUT2D eigenvalue weighted by Crippen LogP contribution is -2.21. The number of rotatable bonds is 3. The van der Waals surface area contributed by atoms with Crippen molar-refractivity contribution in [2.45, 2.75) is 19.9 Å². The van der Waals surface area contributed by atoms with Crippen molar-refractivity contribution in [3.8, 4) is 0 Å². The summed E-state index contributed by atoms with van der Waals surface area (Å²) in [6.07, 6.45) is 0. The predicted molar refractivity (Wildman–Crippen MR) is 80.9 cm³/mol. The Morgan fingerprint density at radius 1 is 1.05 bits per heavy atom. The normalized spacial score (nSPS) is 12.5. The molecule has 0 saturated carbocycles. The van der Waals surface area contributed by atoms with Crippen molar-refractivity contribution in [1.29, 1.82) is 0 Å². The molecule has 0 fully saturated rings. The van der Waals surface area contributed by atoms with Gasteiger partial charge in [0.25, 0.3) is 0 Å². The summed E-state index contributed by atoms with van der Waals surface area (Å²) in [4.78, 5) is 0. The van der Waals surface area contributed by atoms with Gasteiger partial charge in [-0.2, -0.15) is 0 Å². The van der Waals surface area contributed by atoms with Gasteiger partial charge in [-0.3, -0.25) is 0 Å². The first-order valence-corrected chi connectivity index (χ1v) is 7.13. The topological polar surface area (TPSA) is 12.0 Å². The van der Waals surface area contributed by atoms with Crippen LogP contribution >= 0.6 is 15.9 Å². The highest BCUT2D eigenvalue weighted by molar-refractivity contribution is 9.10. The van der Waals surface area contributed by atoms with E-state index in [-0.39, 0.29) is 5.56 Å². The number of hydrogen-bond acceptors (Lipinski definition) is 1. The van der Waals surface area contributed by atoms with Gasteiger partial charge in [-0.1, -0.05) is 40.2 Å². The Labute approximate surface area is 126 Å². The van der Waals surface area contributed by atoms with E-state index in [9.17, 15) is 8.78 Å². The zero-order chi connectivity index (χ0) is 14.9. The number of hydrogen-bond donors (Lipinski definition) is 1. The van der Waals surface area contributed by atoms with Crippen LogP contribution < -0.4 is 5.32 Å². The van der Waals surface area contributed by atoms with Crippen LogP contribution in [-0.4, -0.2) is 7.05 Å². The maximum atomic E-state index is 14.3. The SMILES string of the molecule is CNC(c1cccc(C)c1Br)c1c(F)ccc(C)c1F. The van der Waals surface area contributed by atoms with Gasteiger partial charge in [0.15, 0.2) is 0 Å². The first-order chi connectivity index (χ1) is 9.47. The molecule has 0 aromatic heterocycles. The van der Waals surface area contributed by atoms with Gasteiger partial charge < -0.3 is 5.32 Å². The molecule has 1 atom stereocenters. The quantitative estimate of drug-likeness (QED) is 0.857. The van der Waals surface area contributed by atoms with Crippen LogP contribution in [0.5, 0.6) is 0 Å². The van der Waals surface area contributed by atoms with Crippen molar-refractivity contribution in [3.05, 3.63) is 68.7 Å². The molecule has 2 aromatic carbocycles. The molecule has 4 heteroatoms. The van der Waals surface area contributed by atoms with Crippen LogP contribution in [0.1, 0.15) is 28.3 Å². The van der Waals surface area contributed by atoms with Crippen LogP contribution in [-0.2, 0) is 0 Å². The Hall–Kier alpha value is -1.26. The number of benzene rings is 2. The molecule has 20 heavy (non-hydrogen) atoms. The molecule has 0 bridgehead atoms. The zero-order valence-corrected chi connectivity index (χ0v) is 13.2. The minimum absolute atomic E-state index is 0.0544. The molecule has 0 amide bonds. The van der Waals surface area contributed by atoms with E-state index in [1.807, 2.05) is 25.1 Å². The van der Waals surface area contributed by atoms with Crippen molar-refractivity contribution in [2.24, 2.45) is 0 Å². The Morgan fingerprint density at radius 2 is 1.75 bits per heavy atom. The summed E-state index contributed by atoms with van der Waals surface area (Å²) in [7, 11) is 1.70.